The van der Waals surface area contributed by atoms with Gasteiger partial charge in [-0.05, 0) is 32.0 Å². The number of benzene rings is 1. The van der Waals surface area contributed by atoms with Gasteiger partial charge >= 0.3 is 6.61 Å². The molecule has 1 amide bonds. The van der Waals surface area contributed by atoms with Gasteiger partial charge in [-0.15, -0.1) is 0 Å². The predicted molar refractivity (Wildman–Crippen MR) is 101 cm³/mol. The molecule has 0 aliphatic carbocycles. The van der Waals surface area contributed by atoms with Crippen LogP contribution in [0.15, 0.2) is 30.5 Å². The van der Waals surface area contributed by atoms with Gasteiger partial charge in [0.05, 0.1) is 19.3 Å². The number of ether oxygens (including phenoxy) is 2. The van der Waals surface area contributed by atoms with Crippen molar-refractivity contribution < 1.29 is 23.0 Å². The van der Waals surface area contributed by atoms with E-state index >= 15 is 0 Å². The lowest BCUT2D eigenvalue weighted by molar-refractivity contribution is -0.0487. The van der Waals surface area contributed by atoms with Gasteiger partial charge in [-0.2, -0.15) is 8.78 Å². The fourth-order valence-corrected chi connectivity index (χ4v) is 3.17. The van der Waals surface area contributed by atoms with Crippen molar-refractivity contribution in [1.29, 1.82) is 0 Å². The average Bonchev–Trinajstić information content (AvgIpc) is 3.08. The van der Waals surface area contributed by atoms with E-state index in [0.717, 1.165) is 22.6 Å². The summed E-state index contributed by atoms with van der Waals surface area (Å²) in [5, 5.41) is 0.422. The Balaban J connectivity index is 1.86. The molecular weight excluding hydrogens is 368 g/mol. The number of carbonyl (C=O) groups excluding carboxylic acids is 1. The first-order valence-electron chi connectivity index (χ1n) is 8.63. The largest absolute Gasteiger partial charge is 0.496 e. The number of aryl methyl sites for hydroxylation is 1. The summed E-state index contributed by atoms with van der Waals surface area (Å²) in [6, 6.07) is 6.23. The third-order valence-corrected chi connectivity index (χ3v) is 4.55. The van der Waals surface area contributed by atoms with Gasteiger partial charge < -0.3 is 19.4 Å². The molecule has 0 saturated carbocycles. The summed E-state index contributed by atoms with van der Waals surface area (Å²) in [5.74, 6) is 0.469. The zero-order chi connectivity index (χ0) is 20.4. The van der Waals surface area contributed by atoms with Crippen LogP contribution in [0.25, 0.3) is 10.9 Å². The van der Waals surface area contributed by atoms with Crippen LogP contribution >= 0.6 is 0 Å². The van der Waals surface area contributed by atoms with Crippen molar-refractivity contribution >= 4 is 16.8 Å². The van der Waals surface area contributed by atoms with E-state index in [1.807, 2.05) is 13.8 Å². The number of nitrogens with one attached hydrogen (secondary N) is 1. The standard InChI is InChI=1S/C20H21F2N3O3/c1-11-9-23-16(12(2)18(11)27-4)10-25(3)19(26)15-8-13-14(24-15)6-5-7-17(13)28-20(21)22/h5-9,20,24H,10H2,1-4H3. The number of aromatic amines is 1. The number of hydrogen-bond acceptors (Lipinski definition) is 4. The zero-order valence-electron chi connectivity index (χ0n) is 16.0. The molecule has 1 aromatic carbocycles. The van der Waals surface area contributed by atoms with Crippen LogP contribution in [-0.2, 0) is 6.54 Å². The van der Waals surface area contributed by atoms with Gasteiger partial charge in [0.1, 0.15) is 17.2 Å². The maximum atomic E-state index is 12.8. The fourth-order valence-electron chi connectivity index (χ4n) is 3.17. The van der Waals surface area contributed by atoms with Gasteiger partial charge in [0.25, 0.3) is 5.91 Å². The number of rotatable bonds is 6. The average molecular weight is 389 g/mol. The van der Waals surface area contributed by atoms with E-state index in [1.54, 1.807) is 32.5 Å². The Kier molecular flexibility index (Phi) is 5.48. The second kappa shape index (κ2) is 7.84. The maximum Gasteiger partial charge on any atom is 0.387 e. The first-order chi connectivity index (χ1) is 13.3. The van der Waals surface area contributed by atoms with Gasteiger partial charge in [0, 0.05) is 35.3 Å². The summed E-state index contributed by atoms with van der Waals surface area (Å²) in [6.07, 6.45) is 1.70. The van der Waals surface area contributed by atoms with E-state index in [9.17, 15) is 13.6 Å². The molecule has 6 nitrogen and oxygen atoms in total. The minimum absolute atomic E-state index is 0.0197. The SMILES string of the molecule is COc1c(C)cnc(CN(C)C(=O)c2cc3c(OC(F)F)cccc3[nH]2)c1C. The van der Waals surface area contributed by atoms with E-state index in [1.165, 1.54) is 17.0 Å². The smallest absolute Gasteiger partial charge is 0.387 e. The van der Waals surface area contributed by atoms with E-state index in [0.29, 0.717) is 10.9 Å². The van der Waals surface area contributed by atoms with Gasteiger partial charge in [0.15, 0.2) is 0 Å². The summed E-state index contributed by atoms with van der Waals surface area (Å²) in [6.45, 7) is 1.13. The molecule has 2 heterocycles. The second-order valence-electron chi connectivity index (χ2n) is 6.49. The third-order valence-electron chi connectivity index (χ3n) is 4.55. The fraction of sp³-hybridized carbons (Fsp3) is 0.300. The molecule has 8 heteroatoms. The number of pyridine rings is 1. The van der Waals surface area contributed by atoms with Crippen molar-refractivity contribution in [3.8, 4) is 11.5 Å². The molecule has 0 atom stereocenters. The Labute approximate surface area is 161 Å². The van der Waals surface area contributed by atoms with E-state index in [4.69, 9.17) is 4.74 Å². The lowest BCUT2D eigenvalue weighted by atomic mass is 10.1. The number of nitrogens with zero attached hydrogens (tertiary/aromatic N) is 2. The molecule has 0 unspecified atom stereocenters. The quantitative estimate of drug-likeness (QED) is 0.690. The number of amides is 1. The lowest BCUT2D eigenvalue weighted by Crippen LogP contribution is -2.27. The summed E-state index contributed by atoms with van der Waals surface area (Å²) < 4.78 is 35.1. The van der Waals surface area contributed by atoms with Crippen LogP contribution in [0.5, 0.6) is 11.5 Å². The molecule has 0 fully saturated rings. The Morgan fingerprint density at radius 3 is 2.75 bits per heavy atom. The summed E-state index contributed by atoms with van der Waals surface area (Å²) in [7, 11) is 3.25. The van der Waals surface area contributed by atoms with Crippen LogP contribution in [0, 0.1) is 13.8 Å². The molecule has 3 rings (SSSR count). The van der Waals surface area contributed by atoms with Gasteiger partial charge in [0.2, 0.25) is 0 Å². The first kappa shape index (κ1) is 19.6. The second-order valence-corrected chi connectivity index (χ2v) is 6.49. The van der Waals surface area contributed by atoms with Crippen molar-refractivity contribution in [2.45, 2.75) is 27.0 Å². The third kappa shape index (κ3) is 3.76. The summed E-state index contributed by atoms with van der Waals surface area (Å²) >= 11 is 0. The number of methoxy groups -OCH3 is 1. The molecule has 0 bridgehead atoms. The summed E-state index contributed by atoms with van der Waals surface area (Å²) in [5.41, 5.74) is 3.32. The first-order valence-corrected chi connectivity index (χ1v) is 8.63. The lowest BCUT2D eigenvalue weighted by Gasteiger charge is -2.19. The van der Waals surface area contributed by atoms with E-state index in [2.05, 4.69) is 14.7 Å². The topological polar surface area (TPSA) is 67.4 Å². The van der Waals surface area contributed by atoms with Gasteiger partial charge in [-0.25, -0.2) is 0 Å². The molecule has 0 aliphatic rings. The molecule has 0 aliphatic heterocycles. The van der Waals surface area contributed by atoms with Crippen LogP contribution in [-0.4, -0.2) is 41.5 Å². The highest BCUT2D eigenvalue weighted by molar-refractivity contribution is 5.99. The number of halogens is 2. The highest BCUT2D eigenvalue weighted by Gasteiger charge is 2.19. The Bertz CT molecular complexity index is 1020. The van der Waals surface area contributed by atoms with Crippen molar-refractivity contribution in [1.82, 2.24) is 14.9 Å². The Morgan fingerprint density at radius 2 is 2.07 bits per heavy atom. The van der Waals surface area contributed by atoms with Crippen molar-refractivity contribution in [2.24, 2.45) is 0 Å². The number of carbonyl (C=O) groups is 1. The van der Waals surface area contributed by atoms with Crippen LogP contribution < -0.4 is 9.47 Å². The number of hydrogen-bond donors (Lipinski definition) is 1. The molecule has 2 aromatic heterocycles. The molecule has 1 N–H and O–H groups in total. The van der Waals surface area contributed by atoms with Gasteiger partial charge in [-0.3, -0.25) is 9.78 Å². The van der Waals surface area contributed by atoms with Crippen LogP contribution in [0.3, 0.4) is 0 Å². The predicted octanol–water partition coefficient (Wildman–Crippen LogP) is 4.06. The van der Waals surface area contributed by atoms with E-state index in [-0.39, 0.29) is 23.9 Å². The minimum Gasteiger partial charge on any atom is -0.496 e. The molecule has 0 saturated heterocycles. The van der Waals surface area contributed by atoms with E-state index < -0.39 is 6.61 Å². The molecule has 0 spiro atoms. The number of fused-ring (bicyclic) bond motifs is 1. The normalized spacial score (nSPS) is 11.1. The number of alkyl halides is 2. The zero-order valence-corrected chi connectivity index (χ0v) is 16.0. The monoisotopic (exact) mass is 389 g/mol. The molecule has 3 aromatic rings. The van der Waals surface area contributed by atoms with Crippen molar-refractivity contribution in [3.63, 3.8) is 0 Å². The summed E-state index contributed by atoms with van der Waals surface area (Å²) in [4.78, 5) is 21.7. The van der Waals surface area contributed by atoms with Gasteiger partial charge in [-0.1, -0.05) is 6.07 Å². The Hall–Kier alpha value is -3.16. The number of aromatic nitrogens is 2. The molecular formula is C20H21F2N3O3. The molecule has 0 radical (unpaired) electrons. The minimum atomic E-state index is -2.94. The van der Waals surface area contributed by atoms with Crippen molar-refractivity contribution in [3.05, 3.63) is 53.0 Å². The van der Waals surface area contributed by atoms with Crippen LogP contribution in [0.2, 0.25) is 0 Å². The Morgan fingerprint density at radius 1 is 1.32 bits per heavy atom. The van der Waals surface area contributed by atoms with Crippen LogP contribution in [0.1, 0.15) is 27.3 Å². The molecule has 28 heavy (non-hydrogen) atoms. The highest BCUT2D eigenvalue weighted by atomic mass is 19.3. The van der Waals surface area contributed by atoms with Crippen molar-refractivity contribution in [2.75, 3.05) is 14.2 Å². The maximum absolute atomic E-state index is 12.8. The van der Waals surface area contributed by atoms with Crippen LogP contribution in [0.4, 0.5) is 8.78 Å². The highest BCUT2D eigenvalue weighted by Crippen LogP contribution is 2.29. The molecule has 148 valence electrons. The number of H-pyrrole nitrogens is 1.